The first-order valence-electron chi connectivity index (χ1n) is 6.42. The van der Waals surface area contributed by atoms with Crippen LogP contribution >= 0.6 is 11.6 Å². The maximum atomic E-state index is 10.8. The molecule has 1 aromatic heterocycles. The van der Waals surface area contributed by atoms with Gasteiger partial charge in [0.2, 0.25) is 0 Å². The molecule has 0 saturated heterocycles. The highest BCUT2D eigenvalue weighted by Gasteiger charge is 2.13. The largest absolute Gasteiger partial charge is 0.494 e. The Morgan fingerprint density at radius 1 is 1.29 bits per heavy atom. The Labute approximate surface area is 126 Å². The molecule has 2 rings (SSSR count). The van der Waals surface area contributed by atoms with Gasteiger partial charge in [-0.25, -0.2) is 9.48 Å². The number of rotatable bonds is 7. The van der Waals surface area contributed by atoms with E-state index in [0.29, 0.717) is 12.4 Å². The molecule has 2 aromatic rings. The minimum atomic E-state index is -1.17. The third-order valence-electron chi connectivity index (χ3n) is 2.58. The van der Waals surface area contributed by atoms with Crippen molar-refractivity contribution in [2.45, 2.75) is 20.1 Å². The summed E-state index contributed by atoms with van der Waals surface area (Å²) >= 11 is 5.75. The average Bonchev–Trinajstić information content (AvgIpc) is 2.85. The highest BCUT2D eigenvalue weighted by molar-refractivity contribution is 6.33. The predicted molar refractivity (Wildman–Crippen MR) is 77.1 cm³/mol. The van der Waals surface area contributed by atoms with E-state index in [1.807, 2.05) is 19.1 Å². The molecule has 1 aromatic carbocycles. The Kier molecular flexibility index (Phi) is 5.05. The summed E-state index contributed by atoms with van der Waals surface area (Å²) in [6.45, 7) is 2.78. The predicted octanol–water partition coefficient (Wildman–Crippen LogP) is 3.06. The summed E-state index contributed by atoms with van der Waals surface area (Å²) in [6.07, 6.45) is 2.36. The molecular formula is C14H15ClN2O4. The Bertz CT molecular complexity index is 610. The van der Waals surface area contributed by atoms with Crippen molar-refractivity contribution in [1.82, 2.24) is 9.78 Å². The van der Waals surface area contributed by atoms with Gasteiger partial charge in [-0.05, 0) is 30.7 Å². The molecular weight excluding hydrogens is 296 g/mol. The molecule has 6 nitrogen and oxygen atoms in total. The first-order valence-corrected chi connectivity index (χ1v) is 6.80. The van der Waals surface area contributed by atoms with Crippen LogP contribution in [0.5, 0.6) is 11.5 Å². The van der Waals surface area contributed by atoms with E-state index in [0.717, 1.165) is 12.2 Å². The van der Waals surface area contributed by atoms with Crippen molar-refractivity contribution < 1.29 is 19.4 Å². The number of hydrogen-bond donors (Lipinski definition) is 1. The number of halogens is 1. The molecule has 0 atom stereocenters. The van der Waals surface area contributed by atoms with Gasteiger partial charge in [0.05, 0.1) is 11.6 Å². The van der Waals surface area contributed by atoms with Gasteiger partial charge in [-0.1, -0.05) is 18.5 Å². The van der Waals surface area contributed by atoms with Gasteiger partial charge < -0.3 is 14.6 Å². The minimum absolute atomic E-state index is 0.0716. The lowest BCUT2D eigenvalue weighted by Crippen LogP contribution is -2.07. The number of aromatic carboxylic acids is 1. The van der Waals surface area contributed by atoms with Crippen LogP contribution in [-0.4, -0.2) is 27.5 Å². The van der Waals surface area contributed by atoms with Crippen LogP contribution in [0.1, 0.15) is 23.8 Å². The van der Waals surface area contributed by atoms with E-state index < -0.39 is 5.97 Å². The van der Waals surface area contributed by atoms with Gasteiger partial charge in [0.15, 0.2) is 12.4 Å². The second kappa shape index (κ2) is 6.99. The van der Waals surface area contributed by atoms with E-state index in [9.17, 15) is 4.79 Å². The third-order valence-corrected chi connectivity index (χ3v) is 2.86. The fourth-order valence-electron chi connectivity index (χ4n) is 1.60. The Morgan fingerprint density at radius 2 is 1.90 bits per heavy atom. The van der Waals surface area contributed by atoms with E-state index in [4.69, 9.17) is 26.2 Å². The van der Waals surface area contributed by atoms with E-state index in [2.05, 4.69) is 5.10 Å². The molecule has 1 N–H and O–H groups in total. The number of benzene rings is 1. The van der Waals surface area contributed by atoms with Crippen molar-refractivity contribution in [2.75, 3.05) is 6.61 Å². The summed E-state index contributed by atoms with van der Waals surface area (Å²) in [5, 5.41) is 12.7. The van der Waals surface area contributed by atoms with E-state index >= 15 is 0 Å². The van der Waals surface area contributed by atoms with Gasteiger partial charge in [0.25, 0.3) is 0 Å². The zero-order valence-corrected chi connectivity index (χ0v) is 12.2. The lowest BCUT2D eigenvalue weighted by atomic mass is 10.3. The first-order chi connectivity index (χ1) is 10.1. The normalized spacial score (nSPS) is 10.4. The van der Waals surface area contributed by atoms with Crippen LogP contribution in [0.2, 0.25) is 5.02 Å². The van der Waals surface area contributed by atoms with Crippen molar-refractivity contribution in [3.63, 3.8) is 0 Å². The van der Waals surface area contributed by atoms with Crippen LogP contribution in [0.25, 0.3) is 0 Å². The smallest absolute Gasteiger partial charge is 0.357 e. The molecule has 21 heavy (non-hydrogen) atoms. The molecule has 0 fully saturated rings. The highest BCUT2D eigenvalue weighted by Crippen LogP contribution is 2.19. The molecule has 0 saturated carbocycles. The van der Waals surface area contributed by atoms with Crippen LogP contribution < -0.4 is 9.47 Å². The quantitative estimate of drug-likeness (QED) is 0.850. The van der Waals surface area contributed by atoms with Crippen molar-refractivity contribution in [3.05, 3.63) is 41.2 Å². The maximum Gasteiger partial charge on any atom is 0.357 e. The standard InChI is InChI=1S/C14H15ClN2O4/c1-2-7-20-10-3-5-11(6-4-10)21-9-17-8-12(15)13(16-17)14(18)19/h3-6,8H,2,7,9H2,1H3,(H,18,19). The molecule has 0 aliphatic rings. The summed E-state index contributed by atoms with van der Waals surface area (Å²) in [7, 11) is 0. The van der Waals surface area contributed by atoms with Gasteiger partial charge in [0.1, 0.15) is 11.5 Å². The fourth-order valence-corrected chi connectivity index (χ4v) is 1.83. The number of carboxylic acid groups (broad SMARTS) is 1. The fraction of sp³-hybridized carbons (Fsp3) is 0.286. The van der Waals surface area contributed by atoms with Crippen molar-refractivity contribution in [1.29, 1.82) is 0 Å². The third kappa shape index (κ3) is 4.13. The highest BCUT2D eigenvalue weighted by atomic mass is 35.5. The molecule has 7 heteroatoms. The van der Waals surface area contributed by atoms with Crippen LogP contribution in [-0.2, 0) is 6.73 Å². The number of ether oxygens (including phenoxy) is 2. The SMILES string of the molecule is CCCOc1ccc(OCn2cc(Cl)c(C(=O)O)n2)cc1. The number of hydrogen-bond acceptors (Lipinski definition) is 4. The molecule has 1 heterocycles. The van der Waals surface area contributed by atoms with Crippen molar-refractivity contribution in [3.8, 4) is 11.5 Å². The topological polar surface area (TPSA) is 73.6 Å². The summed E-state index contributed by atoms with van der Waals surface area (Å²) in [5.41, 5.74) is -0.191. The van der Waals surface area contributed by atoms with Crippen molar-refractivity contribution >= 4 is 17.6 Å². The molecule has 112 valence electrons. The molecule has 0 aliphatic heterocycles. The molecule has 0 bridgehead atoms. The van der Waals surface area contributed by atoms with Gasteiger partial charge in [0, 0.05) is 6.20 Å². The molecule has 0 amide bonds. The average molecular weight is 311 g/mol. The zero-order valence-electron chi connectivity index (χ0n) is 11.5. The lowest BCUT2D eigenvalue weighted by Gasteiger charge is -2.08. The van der Waals surface area contributed by atoms with Crippen LogP contribution in [0, 0.1) is 0 Å². The Balaban J connectivity index is 1.93. The number of carbonyl (C=O) groups is 1. The van der Waals surface area contributed by atoms with Gasteiger partial charge in [-0.15, -0.1) is 0 Å². The molecule has 0 spiro atoms. The van der Waals surface area contributed by atoms with E-state index in [1.165, 1.54) is 10.9 Å². The van der Waals surface area contributed by atoms with Crippen LogP contribution in [0.4, 0.5) is 0 Å². The summed E-state index contributed by atoms with van der Waals surface area (Å²) < 4.78 is 12.3. The zero-order chi connectivity index (χ0) is 15.2. The minimum Gasteiger partial charge on any atom is -0.494 e. The van der Waals surface area contributed by atoms with Gasteiger partial charge in [-0.3, -0.25) is 0 Å². The number of aromatic nitrogens is 2. The van der Waals surface area contributed by atoms with E-state index in [1.54, 1.807) is 12.1 Å². The summed E-state index contributed by atoms with van der Waals surface area (Å²) in [4.78, 5) is 10.8. The lowest BCUT2D eigenvalue weighted by molar-refractivity contribution is 0.0688. The molecule has 0 unspecified atom stereocenters. The molecule has 0 aliphatic carbocycles. The second-order valence-corrected chi connectivity index (χ2v) is 4.67. The maximum absolute atomic E-state index is 10.8. The van der Waals surface area contributed by atoms with E-state index in [-0.39, 0.29) is 17.4 Å². The second-order valence-electron chi connectivity index (χ2n) is 4.26. The van der Waals surface area contributed by atoms with Gasteiger partial charge >= 0.3 is 5.97 Å². The summed E-state index contributed by atoms with van der Waals surface area (Å²) in [6, 6.07) is 7.16. The monoisotopic (exact) mass is 310 g/mol. The van der Waals surface area contributed by atoms with Crippen LogP contribution in [0.3, 0.4) is 0 Å². The Morgan fingerprint density at radius 3 is 2.43 bits per heavy atom. The number of carboxylic acids is 1. The van der Waals surface area contributed by atoms with Gasteiger partial charge in [-0.2, -0.15) is 5.10 Å². The van der Waals surface area contributed by atoms with Crippen LogP contribution in [0.15, 0.2) is 30.5 Å². The Hall–Kier alpha value is -2.21. The number of nitrogens with zero attached hydrogens (tertiary/aromatic N) is 2. The first kappa shape index (κ1) is 15.2. The summed E-state index contributed by atoms with van der Waals surface area (Å²) in [5.74, 6) is 0.234. The molecule has 0 radical (unpaired) electrons. The van der Waals surface area contributed by atoms with Crippen molar-refractivity contribution in [2.24, 2.45) is 0 Å².